The van der Waals surface area contributed by atoms with E-state index in [1.807, 2.05) is 42.6 Å². The van der Waals surface area contributed by atoms with Gasteiger partial charge in [-0.1, -0.05) is 17.7 Å². The maximum absolute atomic E-state index is 6.43. The van der Waals surface area contributed by atoms with Crippen LogP contribution < -0.4 is 15.0 Å². The van der Waals surface area contributed by atoms with Gasteiger partial charge >= 0.3 is 0 Å². The first-order valence-electron chi connectivity index (χ1n) is 9.52. The molecule has 3 aromatic rings. The number of anilines is 1. The number of nitrogens with zero attached hydrogens (tertiary/aromatic N) is 3. The summed E-state index contributed by atoms with van der Waals surface area (Å²) in [4.78, 5) is 6.72. The van der Waals surface area contributed by atoms with Gasteiger partial charge in [0, 0.05) is 29.8 Å². The molecule has 2 atom stereocenters. The van der Waals surface area contributed by atoms with Crippen LogP contribution in [0.4, 0.5) is 5.69 Å². The van der Waals surface area contributed by atoms with Gasteiger partial charge < -0.3 is 19.5 Å². The van der Waals surface area contributed by atoms with Crippen molar-refractivity contribution in [2.45, 2.75) is 32.0 Å². The predicted molar refractivity (Wildman–Crippen MR) is 121 cm³/mol. The van der Waals surface area contributed by atoms with E-state index >= 15 is 0 Å². The van der Waals surface area contributed by atoms with Crippen LogP contribution in [0, 0.1) is 0 Å². The SMILES string of the molecule is COc1ccc(N2C(=S)N[C@H](c3ccccn3)[C@H]2c2cccn2C(C)C)cc1Cl. The molecule has 29 heavy (non-hydrogen) atoms. The average molecular weight is 427 g/mol. The van der Waals surface area contributed by atoms with Gasteiger partial charge in [0.15, 0.2) is 5.11 Å². The van der Waals surface area contributed by atoms with Crippen molar-refractivity contribution < 1.29 is 4.74 Å². The van der Waals surface area contributed by atoms with Gasteiger partial charge in [-0.15, -0.1) is 0 Å². The number of rotatable bonds is 5. The molecular weight excluding hydrogens is 404 g/mol. The summed E-state index contributed by atoms with van der Waals surface area (Å²) in [5.41, 5.74) is 3.02. The summed E-state index contributed by atoms with van der Waals surface area (Å²) in [6.45, 7) is 4.35. The van der Waals surface area contributed by atoms with E-state index in [0.29, 0.717) is 21.9 Å². The Morgan fingerprint density at radius 2 is 2.00 bits per heavy atom. The van der Waals surface area contributed by atoms with E-state index in [1.54, 1.807) is 7.11 Å². The Morgan fingerprint density at radius 3 is 2.66 bits per heavy atom. The Morgan fingerprint density at radius 1 is 1.17 bits per heavy atom. The topological polar surface area (TPSA) is 42.3 Å². The highest BCUT2D eigenvalue weighted by Gasteiger charge is 2.42. The minimum Gasteiger partial charge on any atom is -0.495 e. The second-order valence-corrected chi connectivity index (χ2v) is 8.04. The van der Waals surface area contributed by atoms with Crippen LogP contribution in [-0.4, -0.2) is 21.8 Å². The molecule has 1 aliphatic rings. The molecule has 2 aromatic heterocycles. The standard InChI is InChI=1S/C22H23ClN4OS/c1-14(2)26-12-6-8-18(26)21-20(17-7-4-5-11-24-17)25-22(29)27(21)15-9-10-19(28-3)16(23)13-15/h4-14,20-21H,1-3H3,(H,25,29)/t20-,21-/m1/s1. The molecule has 1 fully saturated rings. The molecule has 0 amide bonds. The number of halogens is 1. The fourth-order valence-electron chi connectivity index (χ4n) is 3.87. The molecule has 0 radical (unpaired) electrons. The van der Waals surface area contributed by atoms with Crippen molar-refractivity contribution in [3.05, 3.63) is 77.3 Å². The van der Waals surface area contributed by atoms with Crippen LogP contribution in [0.3, 0.4) is 0 Å². The highest BCUT2D eigenvalue weighted by atomic mass is 35.5. The monoisotopic (exact) mass is 426 g/mol. The molecule has 0 bridgehead atoms. The Bertz CT molecular complexity index is 1020. The highest BCUT2D eigenvalue weighted by molar-refractivity contribution is 7.80. The van der Waals surface area contributed by atoms with Crippen molar-refractivity contribution in [1.82, 2.24) is 14.9 Å². The van der Waals surface area contributed by atoms with Gasteiger partial charge in [-0.05, 0) is 68.5 Å². The summed E-state index contributed by atoms with van der Waals surface area (Å²) in [5.74, 6) is 0.636. The Labute approximate surface area is 181 Å². The minimum absolute atomic E-state index is 0.0701. The first kappa shape index (κ1) is 19.7. The Kier molecular flexibility index (Phi) is 5.48. The van der Waals surface area contributed by atoms with Crippen LogP contribution in [-0.2, 0) is 0 Å². The van der Waals surface area contributed by atoms with Gasteiger partial charge in [0.05, 0.1) is 23.9 Å². The number of hydrogen-bond donors (Lipinski definition) is 1. The fraction of sp³-hybridized carbons (Fsp3) is 0.273. The molecule has 3 heterocycles. The van der Waals surface area contributed by atoms with Crippen LogP contribution in [0.1, 0.15) is 43.4 Å². The third-order valence-corrected chi connectivity index (χ3v) is 5.79. The van der Waals surface area contributed by atoms with E-state index in [-0.39, 0.29) is 12.1 Å². The molecule has 1 N–H and O–H groups in total. The summed E-state index contributed by atoms with van der Waals surface area (Å²) >= 11 is 12.2. The third kappa shape index (κ3) is 3.58. The van der Waals surface area contributed by atoms with Gasteiger partial charge in [-0.2, -0.15) is 0 Å². The van der Waals surface area contributed by atoms with E-state index in [4.69, 9.17) is 28.6 Å². The summed E-state index contributed by atoms with van der Waals surface area (Å²) in [5, 5.41) is 4.67. The number of aromatic nitrogens is 2. The maximum Gasteiger partial charge on any atom is 0.174 e. The third-order valence-electron chi connectivity index (χ3n) is 5.18. The number of hydrogen-bond acceptors (Lipinski definition) is 3. The van der Waals surface area contributed by atoms with E-state index in [0.717, 1.165) is 17.1 Å². The average Bonchev–Trinajstić information content (AvgIpc) is 3.33. The molecule has 5 nitrogen and oxygen atoms in total. The molecule has 4 rings (SSSR count). The number of ether oxygens (including phenoxy) is 1. The molecule has 7 heteroatoms. The molecule has 0 aliphatic carbocycles. The van der Waals surface area contributed by atoms with Crippen LogP contribution in [0.5, 0.6) is 5.75 Å². The van der Waals surface area contributed by atoms with Crippen molar-refractivity contribution in [2.75, 3.05) is 12.0 Å². The molecule has 0 unspecified atom stereocenters. The number of nitrogens with one attached hydrogen (secondary N) is 1. The Hall–Kier alpha value is -2.57. The minimum atomic E-state index is -0.0861. The van der Waals surface area contributed by atoms with Crippen LogP contribution in [0.15, 0.2) is 60.9 Å². The second-order valence-electron chi connectivity index (χ2n) is 7.25. The predicted octanol–water partition coefficient (Wildman–Crippen LogP) is 5.30. The van der Waals surface area contributed by atoms with Crippen molar-refractivity contribution >= 4 is 34.6 Å². The molecule has 1 saturated heterocycles. The molecule has 1 aromatic carbocycles. The van der Waals surface area contributed by atoms with Gasteiger partial charge in [0.25, 0.3) is 0 Å². The zero-order chi connectivity index (χ0) is 20.5. The van der Waals surface area contributed by atoms with E-state index in [9.17, 15) is 0 Å². The van der Waals surface area contributed by atoms with Crippen LogP contribution in [0.2, 0.25) is 5.02 Å². The summed E-state index contributed by atoms with van der Waals surface area (Å²) < 4.78 is 7.59. The lowest BCUT2D eigenvalue weighted by atomic mass is 10.0. The van der Waals surface area contributed by atoms with Gasteiger partial charge in [-0.25, -0.2) is 0 Å². The largest absolute Gasteiger partial charge is 0.495 e. The molecule has 150 valence electrons. The molecule has 1 aliphatic heterocycles. The lowest BCUT2D eigenvalue weighted by Crippen LogP contribution is -2.30. The lowest BCUT2D eigenvalue weighted by molar-refractivity contribution is 0.415. The van der Waals surface area contributed by atoms with Crippen molar-refractivity contribution in [2.24, 2.45) is 0 Å². The van der Waals surface area contributed by atoms with E-state index in [2.05, 4.69) is 51.9 Å². The zero-order valence-electron chi connectivity index (χ0n) is 16.5. The van der Waals surface area contributed by atoms with Gasteiger partial charge in [0.1, 0.15) is 11.8 Å². The summed E-state index contributed by atoms with van der Waals surface area (Å²) in [7, 11) is 1.61. The van der Waals surface area contributed by atoms with E-state index in [1.165, 1.54) is 0 Å². The molecule has 0 saturated carbocycles. The quantitative estimate of drug-likeness (QED) is 0.560. The van der Waals surface area contributed by atoms with Gasteiger partial charge in [-0.3, -0.25) is 4.98 Å². The van der Waals surface area contributed by atoms with E-state index < -0.39 is 0 Å². The fourth-order valence-corrected chi connectivity index (χ4v) is 4.46. The number of thiocarbonyl (C=S) groups is 1. The molecular formula is C22H23ClN4OS. The lowest BCUT2D eigenvalue weighted by Gasteiger charge is -2.30. The smallest absolute Gasteiger partial charge is 0.174 e. The van der Waals surface area contributed by atoms with Crippen LogP contribution >= 0.6 is 23.8 Å². The van der Waals surface area contributed by atoms with Crippen molar-refractivity contribution in [1.29, 1.82) is 0 Å². The Balaban J connectivity index is 1.85. The zero-order valence-corrected chi connectivity index (χ0v) is 18.1. The normalized spacial score (nSPS) is 18.9. The second kappa shape index (κ2) is 8.05. The number of methoxy groups -OCH3 is 1. The summed E-state index contributed by atoms with van der Waals surface area (Å²) in [6, 6.07) is 16.1. The number of benzene rings is 1. The maximum atomic E-state index is 6.43. The summed E-state index contributed by atoms with van der Waals surface area (Å²) in [6.07, 6.45) is 3.92. The van der Waals surface area contributed by atoms with Gasteiger partial charge in [0.2, 0.25) is 0 Å². The van der Waals surface area contributed by atoms with Crippen molar-refractivity contribution in [3.8, 4) is 5.75 Å². The first-order valence-corrected chi connectivity index (χ1v) is 10.3. The first-order chi connectivity index (χ1) is 14.0. The van der Waals surface area contributed by atoms with Crippen LogP contribution in [0.25, 0.3) is 0 Å². The van der Waals surface area contributed by atoms with Crippen molar-refractivity contribution in [3.63, 3.8) is 0 Å². The highest BCUT2D eigenvalue weighted by Crippen LogP contribution is 2.43. The molecule has 0 spiro atoms. The number of pyridine rings is 1.